The van der Waals surface area contributed by atoms with Gasteiger partial charge in [0, 0.05) is 25.0 Å². The van der Waals surface area contributed by atoms with Gasteiger partial charge in [0.2, 0.25) is 0 Å². The monoisotopic (exact) mass is 383 g/mol. The van der Waals surface area contributed by atoms with Gasteiger partial charge in [0.15, 0.2) is 5.13 Å². The maximum atomic E-state index is 12.3. The molecule has 0 radical (unpaired) electrons. The van der Waals surface area contributed by atoms with Gasteiger partial charge in [0.1, 0.15) is 0 Å². The number of hydrogen-bond donors (Lipinski definition) is 1. The molecule has 0 fully saturated rings. The average molecular weight is 384 g/mol. The number of amides is 1. The Balaban J connectivity index is 1.40. The first-order valence-electron chi connectivity index (χ1n) is 8.48. The van der Waals surface area contributed by atoms with E-state index in [4.69, 9.17) is 11.6 Å². The number of benzene rings is 2. The zero-order valence-corrected chi connectivity index (χ0v) is 15.7. The van der Waals surface area contributed by atoms with E-state index in [9.17, 15) is 4.79 Å². The number of anilines is 1. The fourth-order valence-electron chi connectivity index (χ4n) is 3.17. The molecule has 6 heteroatoms. The van der Waals surface area contributed by atoms with Gasteiger partial charge in [0.05, 0.1) is 16.3 Å². The molecule has 4 nitrogen and oxygen atoms in total. The number of carbonyl (C=O) groups excluding carboxylic acids is 1. The Bertz CT molecular complexity index is 940. The molecule has 1 amide bonds. The number of hydrogen-bond acceptors (Lipinski definition) is 4. The van der Waals surface area contributed by atoms with E-state index in [2.05, 4.69) is 39.5 Å². The maximum Gasteiger partial charge on any atom is 0.258 e. The standard InChI is InChI=1S/C20H18ClN3OS/c21-18-8-4-3-7-17(18)19(25)23-20-22-16(13-26-20)12-24-10-9-14-5-1-2-6-15(14)11-24/h1-8,13H,9-12H2,(H,22,23,25). The predicted molar refractivity (Wildman–Crippen MR) is 106 cm³/mol. The lowest BCUT2D eigenvalue weighted by atomic mass is 10.00. The molecule has 0 bridgehead atoms. The number of aromatic nitrogens is 1. The van der Waals surface area contributed by atoms with Gasteiger partial charge in [-0.15, -0.1) is 11.3 Å². The van der Waals surface area contributed by atoms with E-state index < -0.39 is 0 Å². The second kappa shape index (κ2) is 7.58. The number of carbonyl (C=O) groups is 1. The van der Waals surface area contributed by atoms with Crippen LogP contribution in [-0.2, 0) is 19.5 Å². The molecule has 1 aliphatic rings. The average Bonchev–Trinajstić information content (AvgIpc) is 3.08. The molecule has 0 aliphatic carbocycles. The lowest BCUT2D eigenvalue weighted by Crippen LogP contribution is -2.30. The summed E-state index contributed by atoms with van der Waals surface area (Å²) in [5.74, 6) is -0.233. The van der Waals surface area contributed by atoms with Gasteiger partial charge in [0.25, 0.3) is 5.91 Å². The Morgan fingerprint density at radius 1 is 1.15 bits per heavy atom. The first-order valence-corrected chi connectivity index (χ1v) is 9.74. The largest absolute Gasteiger partial charge is 0.298 e. The van der Waals surface area contributed by atoms with Crippen molar-refractivity contribution < 1.29 is 4.79 Å². The Morgan fingerprint density at radius 3 is 2.77 bits per heavy atom. The van der Waals surface area contributed by atoms with Crippen LogP contribution in [0.3, 0.4) is 0 Å². The summed E-state index contributed by atoms with van der Waals surface area (Å²) in [7, 11) is 0. The Kier molecular flexibility index (Phi) is 5.02. The quantitative estimate of drug-likeness (QED) is 0.715. The molecule has 0 saturated carbocycles. The molecular weight excluding hydrogens is 366 g/mol. The second-order valence-corrected chi connectivity index (χ2v) is 7.57. The summed E-state index contributed by atoms with van der Waals surface area (Å²) in [5, 5.41) is 5.88. The van der Waals surface area contributed by atoms with Gasteiger partial charge in [-0.2, -0.15) is 0 Å². The minimum Gasteiger partial charge on any atom is -0.298 e. The van der Waals surface area contributed by atoms with Crippen LogP contribution in [0, 0.1) is 0 Å². The molecule has 4 rings (SSSR count). The van der Waals surface area contributed by atoms with Crippen LogP contribution in [0.2, 0.25) is 5.02 Å². The van der Waals surface area contributed by atoms with Crippen LogP contribution in [-0.4, -0.2) is 22.3 Å². The van der Waals surface area contributed by atoms with Gasteiger partial charge in [-0.1, -0.05) is 48.0 Å². The SMILES string of the molecule is O=C(Nc1nc(CN2CCc3ccccc3C2)cs1)c1ccccc1Cl. The summed E-state index contributed by atoms with van der Waals surface area (Å²) in [6.07, 6.45) is 1.07. The Hall–Kier alpha value is -2.21. The second-order valence-electron chi connectivity index (χ2n) is 6.31. The molecule has 2 heterocycles. The lowest BCUT2D eigenvalue weighted by Gasteiger charge is -2.27. The van der Waals surface area contributed by atoms with E-state index in [1.807, 2.05) is 5.38 Å². The number of nitrogens with zero attached hydrogens (tertiary/aromatic N) is 2. The van der Waals surface area contributed by atoms with Crippen molar-refractivity contribution in [3.8, 4) is 0 Å². The molecule has 0 unspecified atom stereocenters. The summed E-state index contributed by atoms with van der Waals surface area (Å²) in [4.78, 5) is 19.3. The smallest absolute Gasteiger partial charge is 0.258 e. The Labute approximate surface area is 161 Å². The molecule has 3 aromatic rings. The van der Waals surface area contributed by atoms with Crippen LogP contribution in [0.15, 0.2) is 53.9 Å². The third kappa shape index (κ3) is 3.80. The zero-order chi connectivity index (χ0) is 17.9. The number of thiazole rings is 1. The minimum atomic E-state index is -0.233. The molecule has 1 aliphatic heterocycles. The number of rotatable bonds is 4. The predicted octanol–water partition coefficient (Wildman–Crippen LogP) is 4.61. The summed E-state index contributed by atoms with van der Waals surface area (Å²) < 4.78 is 0. The van der Waals surface area contributed by atoms with E-state index in [-0.39, 0.29) is 5.91 Å². The van der Waals surface area contributed by atoms with Crippen molar-refractivity contribution in [2.45, 2.75) is 19.5 Å². The normalized spacial score (nSPS) is 14.0. The van der Waals surface area contributed by atoms with Crippen molar-refractivity contribution in [2.24, 2.45) is 0 Å². The topological polar surface area (TPSA) is 45.2 Å². The van der Waals surface area contributed by atoms with Crippen molar-refractivity contribution in [1.82, 2.24) is 9.88 Å². The molecule has 132 valence electrons. The lowest BCUT2D eigenvalue weighted by molar-refractivity contribution is 0.102. The van der Waals surface area contributed by atoms with Gasteiger partial charge in [-0.3, -0.25) is 15.0 Å². The fourth-order valence-corrected chi connectivity index (χ4v) is 4.08. The highest BCUT2D eigenvalue weighted by Crippen LogP contribution is 2.23. The van der Waals surface area contributed by atoms with Crippen LogP contribution in [0.25, 0.3) is 0 Å². The van der Waals surface area contributed by atoms with Crippen molar-refractivity contribution in [1.29, 1.82) is 0 Å². The molecule has 26 heavy (non-hydrogen) atoms. The fraction of sp³-hybridized carbons (Fsp3) is 0.200. The summed E-state index contributed by atoms with van der Waals surface area (Å²) in [6, 6.07) is 15.6. The van der Waals surface area contributed by atoms with Crippen LogP contribution in [0.1, 0.15) is 27.2 Å². The Morgan fingerprint density at radius 2 is 1.92 bits per heavy atom. The number of halogens is 1. The third-order valence-corrected chi connectivity index (χ3v) is 5.62. The van der Waals surface area contributed by atoms with Crippen LogP contribution >= 0.6 is 22.9 Å². The van der Waals surface area contributed by atoms with E-state index in [1.54, 1.807) is 24.3 Å². The van der Waals surface area contributed by atoms with Crippen molar-refractivity contribution in [3.05, 3.63) is 81.3 Å². The summed E-state index contributed by atoms with van der Waals surface area (Å²) in [6.45, 7) is 2.75. The van der Waals surface area contributed by atoms with Crippen molar-refractivity contribution in [2.75, 3.05) is 11.9 Å². The molecule has 0 saturated heterocycles. The van der Waals surface area contributed by atoms with Crippen LogP contribution in [0.4, 0.5) is 5.13 Å². The highest BCUT2D eigenvalue weighted by molar-refractivity contribution is 7.14. The third-order valence-electron chi connectivity index (χ3n) is 4.49. The van der Waals surface area contributed by atoms with Crippen molar-refractivity contribution >= 4 is 34.0 Å². The number of nitrogens with one attached hydrogen (secondary N) is 1. The minimum absolute atomic E-state index is 0.233. The van der Waals surface area contributed by atoms with Gasteiger partial charge in [-0.25, -0.2) is 4.98 Å². The molecular formula is C20H18ClN3OS. The highest BCUT2D eigenvalue weighted by Gasteiger charge is 2.17. The van der Waals surface area contributed by atoms with Crippen LogP contribution in [0.5, 0.6) is 0 Å². The first-order chi connectivity index (χ1) is 12.7. The van der Waals surface area contributed by atoms with E-state index in [0.717, 1.165) is 31.7 Å². The van der Waals surface area contributed by atoms with Gasteiger partial charge >= 0.3 is 0 Å². The van der Waals surface area contributed by atoms with Gasteiger partial charge in [-0.05, 0) is 29.7 Å². The van der Waals surface area contributed by atoms with E-state index in [0.29, 0.717) is 15.7 Å². The zero-order valence-electron chi connectivity index (χ0n) is 14.1. The molecule has 1 aromatic heterocycles. The first kappa shape index (κ1) is 17.2. The van der Waals surface area contributed by atoms with Crippen molar-refractivity contribution in [3.63, 3.8) is 0 Å². The highest BCUT2D eigenvalue weighted by atomic mass is 35.5. The van der Waals surface area contributed by atoms with Gasteiger partial charge < -0.3 is 0 Å². The maximum absolute atomic E-state index is 12.3. The summed E-state index contributed by atoms with van der Waals surface area (Å²) >= 11 is 7.52. The van der Waals surface area contributed by atoms with Crippen LogP contribution < -0.4 is 5.32 Å². The summed E-state index contributed by atoms with van der Waals surface area (Å²) in [5.41, 5.74) is 4.26. The molecule has 0 spiro atoms. The number of fused-ring (bicyclic) bond motifs is 1. The van der Waals surface area contributed by atoms with E-state index in [1.165, 1.54) is 22.5 Å². The molecule has 1 N–H and O–H groups in total. The molecule has 2 aromatic carbocycles. The molecule has 0 atom stereocenters. The van der Waals surface area contributed by atoms with E-state index >= 15 is 0 Å².